The summed E-state index contributed by atoms with van der Waals surface area (Å²) in [6, 6.07) is 15.5. The van der Waals surface area contributed by atoms with Crippen molar-refractivity contribution in [2.75, 3.05) is 18.5 Å². The number of aliphatic hydroxyl groups is 1. The van der Waals surface area contributed by atoms with E-state index in [0.29, 0.717) is 35.4 Å². The van der Waals surface area contributed by atoms with Gasteiger partial charge in [0.15, 0.2) is 0 Å². The fourth-order valence-corrected chi connectivity index (χ4v) is 3.12. The molecule has 0 spiro atoms. The largest absolute Gasteiger partial charge is 0.491 e. The number of benzene rings is 2. The molecule has 0 aliphatic heterocycles. The van der Waals surface area contributed by atoms with E-state index in [1.807, 2.05) is 13.0 Å². The minimum Gasteiger partial charge on any atom is -0.491 e. The molecule has 2 aromatic rings. The number of amides is 2. The quantitative estimate of drug-likeness (QED) is 0.231. The van der Waals surface area contributed by atoms with Crippen LogP contribution in [-0.4, -0.2) is 35.5 Å². The summed E-state index contributed by atoms with van der Waals surface area (Å²) in [6.45, 7) is 1.84. The van der Waals surface area contributed by atoms with Gasteiger partial charge >= 0.3 is 6.09 Å². The van der Waals surface area contributed by atoms with Gasteiger partial charge in [-0.05, 0) is 49.1 Å². The number of allylic oxidation sites excluding steroid dienone is 1. The summed E-state index contributed by atoms with van der Waals surface area (Å²) in [7, 11) is 0. The van der Waals surface area contributed by atoms with Gasteiger partial charge in [-0.1, -0.05) is 31.2 Å². The first-order valence-electron chi connectivity index (χ1n) is 10.4. The van der Waals surface area contributed by atoms with E-state index in [1.54, 1.807) is 54.6 Å². The zero-order chi connectivity index (χ0) is 24.1. The third-order valence-corrected chi connectivity index (χ3v) is 4.75. The molecule has 2 rings (SSSR count). The molecular formula is C24H27N3O6. The van der Waals surface area contributed by atoms with Gasteiger partial charge in [-0.15, -0.1) is 0 Å². The molecule has 0 radical (unpaired) electrons. The third-order valence-electron chi connectivity index (χ3n) is 4.75. The van der Waals surface area contributed by atoms with Gasteiger partial charge in [0.1, 0.15) is 18.5 Å². The molecule has 0 bridgehead atoms. The van der Waals surface area contributed by atoms with Crippen molar-refractivity contribution in [1.29, 1.82) is 5.26 Å². The van der Waals surface area contributed by atoms with Crippen molar-refractivity contribution in [2.45, 2.75) is 25.9 Å². The molecule has 0 saturated carbocycles. The predicted molar refractivity (Wildman–Crippen MR) is 120 cm³/mol. The first kappa shape index (κ1) is 25.4. The first-order valence-corrected chi connectivity index (χ1v) is 10.4. The van der Waals surface area contributed by atoms with E-state index in [-0.39, 0.29) is 19.1 Å². The maximum absolute atomic E-state index is 12.7. The molecule has 4 N–H and O–H groups in total. The second-order valence-corrected chi connectivity index (χ2v) is 7.18. The van der Waals surface area contributed by atoms with Crippen LogP contribution in [0, 0.1) is 17.2 Å². The number of carbonyl (C=O) groups is 2. The highest BCUT2D eigenvalue weighted by Gasteiger charge is 2.26. The lowest BCUT2D eigenvalue weighted by atomic mass is 9.92. The summed E-state index contributed by atoms with van der Waals surface area (Å²) in [5.41, 5.74) is 3.12. The monoisotopic (exact) mass is 453 g/mol. The summed E-state index contributed by atoms with van der Waals surface area (Å²) in [6.07, 6.45) is 2.55. The number of carbonyl (C=O) groups excluding carboxylic acids is 2. The number of aliphatic hydroxyl groups excluding tert-OH is 1. The maximum atomic E-state index is 12.7. The van der Waals surface area contributed by atoms with Crippen LogP contribution in [0.15, 0.2) is 60.7 Å². The van der Waals surface area contributed by atoms with E-state index >= 15 is 0 Å². The van der Waals surface area contributed by atoms with Gasteiger partial charge in [-0.3, -0.25) is 15.3 Å². The fourth-order valence-electron chi connectivity index (χ4n) is 3.12. The molecule has 9 nitrogen and oxygen atoms in total. The molecule has 33 heavy (non-hydrogen) atoms. The molecule has 0 aliphatic rings. The van der Waals surface area contributed by atoms with Crippen LogP contribution in [0.25, 0.3) is 0 Å². The molecule has 0 aromatic heterocycles. The molecule has 0 unspecified atom stereocenters. The van der Waals surface area contributed by atoms with E-state index in [0.717, 1.165) is 0 Å². The average molecular weight is 453 g/mol. The summed E-state index contributed by atoms with van der Waals surface area (Å²) < 4.78 is 11.4. The molecular weight excluding hydrogens is 426 g/mol. The average Bonchev–Trinajstić information content (AvgIpc) is 2.84. The Labute approximate surface area is 192 Å². The Morgan fingerprint density at radius 2 is 1.91 bits per heavy atom. The predicted octanol–water partition coefficient (Wildman–Crippen LogP) is 3.70. The number of nitriles is 1. The smallest absolute Gasteiger partial charge is 0.412 e. The summed E-state index contributed by atoms with van der Waals surface area (Å²) >= 11 is 0. The number of hydrogen-bond donors (Lipinski definition) is 4. The highest BCUT2D eigenvalue weighted by Crippen LogP contribution is 2.35. The van der Waals surface area contributed by atoms with Crippen LogP contribution >= 0.6 is 0 Å². The van der Waals surface area contributed by atoms with Crippen molar-refractivity contribution in [3.05, 3.63) is 71.8 Å². The van der Waals surface area contributed by atoms with Crippen molar-refractivity contribution in [3.8, 4) is 11.8 Å². The first-order chi connectivity index (χ1) is 16.0. The topological polar surface area (TPSA) is 141 Å². The molecule has 0 heterocycles. The van der Waals surface area contributed by atoms with Gasteiger partial charge in [-0.25, -0.2) is 10.3 Å². The molecule has 0 aliphatic carbocycles. The van der Waals surface area contributed by atoms with Gasteiger partial charge in [0, 0.05) is 17.3 Å². The zero-order valence-electron chi connectivity index (χ0n) is 18.2. The lowest BCUT2D eigenvalue weighted by molar-refractivity contribution is -0.124. The van der Waals surface area contributed by atoms with Gasteiger partial charge < -0.3 is 14.6 Å². The van der Waals surface area contributed by atoms with Crippen molar-refractivity contribution < 1.29 is 29.4 Å². The van der Waals surface area contributed by atoms with Crippen LogP contribution in [-0.2, 0) is 9.53 Å². The highest BCUT2D eigenvalue weighted by molar-refractivity contribution is 5.86. The Bertz CT molecular complexity index is 984. The SMILES string of the molecule is C[C@@H](CC/C=C/C(=O)NO)[C@H](OC(=O)Nc1ccc(C#N)cc1)c1ccccc1OCCO. The molecule has 9 heteroatoms. The number of nitrogens with zero attached hydrogens (tertiary/aromatic N) is 1. The van der Waals surface area contributed by atoms with Crippen LogP contribution in [0.1, 0.15) is 37.0 Å². The fraction of sp³-hybridized carbons (Fsp3) is 0.292. The number of ether oxygens (including phenoxy) is 2. The molecule has 2 aromatic carbocycles. The van der Waals surface area contributed by atoms with Crippen molar-refractivity contribution in [2.24, 2.45) is 5.92 Å². The van der Waals surface area contributed by atoms with Gasteiger partial charge in [-0.2, -0.15) is 5.26 Å². The van der Waals surface area contributed by atoms with Gasteiger partial charge in [0.2, 0.25) is 0 Å². The van der Waals surface area contributed by atoms with Gasteiger partial charge in [0.05, 0.1) is 18.2 Å². The Hall–Kier alpha value is -3.87. The lowest BCUT2D eigenvalue weighted by Crippen LogP contribution is -2.22. The van der Waals surface area contributed by atoms with Crippen molar-refractivity contribution in [1.82, 2.24) is 5.48 Å². The Morgan fingerprint density at radius 1 is 1.18 bits per heavy atom. The van der Waals surface area contributed by atoms with Crippen LogP contribution in [0.4, 0.5) is 10.5 Å². The molecule has 0 saturated heterocycles. The van der Waals surface area contributed by atoms with E-state index in [1.165, 1.54) is 11.6 Å². The zero-order valence-corrected chi connectivity index (χ0v) is 18.2. The normalized spacial score (nSPS) is 12.4. The molecule has 2 amide bonds. The van der Waals surface area contributed by atoms with E-state index in [2.05, 4.69) is 5.32 Å². The van der Waals surface area contributed by atoms with E-state index in [9.17, 15) is 9.59 Å². The number of hydroxylamine groups is 1. The Morgan fingerprint density at radius 3 is 2.58 bits per heavy atom. The lowest BCUT2D eigenvalue weighted by Gasteiger charge is -2.26. The number of para-hydroxylation sites is 1. The number of hydrogen-bond acceptors (Lipinski definition) is 7. The number of rotatable bonds is 11. The van der Waals surface area contributed by atoms with Crippen molar-refractivity contribution >= 4 is 17.7 Å². The molecule has 0 fully saturated rings. The maximum Gasteiger partial charge on any atom is 0.412 e. The van der Waals surface area contributed by atoms with Crippen LogP contribution in [0.5, 0.6) is 5.75 Å². The van der Waals surface area contributed by atoms with E-state index in [4.69, 9.17) is 25.0 Å². The molecule has 174 valence electrons. The minimum absolute atomic E-state index is 0.0918. The Kier molecular flexibility index (Phi) is 10.4. The second kappa shape index (κ2) is 13.5. The van der Waals surface area contributed by atoms with Crippen LogP contribution in [0.3, 0.4) is 0 Å². The summed E-state index contributed by atoms with van der Waals surface area (Å²) in [5, 5.41) is 29.3. The number of anilines is 1. The second-order valence-electron chi connectivity index (χ2n) is 7.18. The highest BCUT2D eigenvalue weighted by atomic mass is 16.6. The van der Waals surface area contributed by atoms with Gasteiger partial charge in [0.25, 0.3) is 5.91 Å². The van der Waals surface area contributed by atoms with Crippen LogP contribution < -0.4 is 15.5 Å². The third kappa shape index (κ3) is 8.29. The van der Waals surface area contributed by atoms with Crippen LogP contribution in [0.2, 0.25) is 0 Å². The standard InChI is InChI=1S/C24H27N3O6/c1-17(6-2-5-9-22(29)27-31)23(20-7-3-4-8-21(20)32-15-14-28)33-24(30)26-19-12-10-18(16-25)11-13-19/h3-5,7-13,17,23,28,31H,2,6,14-15H2,1H3,(H,26,30)(H,27,29)/b9-5+/t17-,23-/m0/s1. The summed E-state index contributed by atoms with van der Waals surface area (Å²) in [4.78, 5) is 23.8. The number of nitrogens with one attached hydrogen (secondary N) is 2. The summed E-state index contributed by atoms with van der Waals surface area (Å²) in [5.74, 6) is -0.304. The Balaban J connectivity index is 2.19. The molecule has 2 atom stereocenters. The van der Waals surface area contributed by atoms with E-state index < -0.39 is 18.1 Å². The minimum atomic E-state index is -0.682. The van der Waals surface area contributed by atoms with Crippen molar-refractivity contribution in [3.63, 3.8) is 0 Å².